The predicted molar refractivity (Wildman–Crippen MR) is 118 cm³/mol. The van der Waals surface area contributed by atoms with Crippen LogP contribution in [-0.4, -0.2) is 6.29 Å². The maximum absolute atomic E-state index is 10.9. The van der Waals surface area contributed by atoms with Crippen molar-refractivity contribution >= 4 is 17.6 Å². The van der Waals surface area contributed by atoms with Crippen LogP contribution in [0, 0.1) is 0 Å². The van der Waals surface area contributed by atoms with Crippen molar-refractivity contribution in [2.75, 3.05) is 0 Å². The smallest absolute Gasteiger partial charge is 0.150 e. The molecule has 0 fully saturated rings. The van der Waals surface area contributed by atoms with E-state index in [9.17, 15) is 4.79 Å². The Labute approximate surface area is 167 Å². The van der Waals surface area contributed by atoms with Crippen LogP contribution in [0.3, 0.4) is 0 Å². The van der Waals surface area contributed by atoms with Crippen molar-refractivity contribution in [3.8, 4) is 21.6 Å². The zero-order valence-electron chi connectivity index (χ0n) is 16.1. The second-order valence-corrected chi connectivity index (χ2v) is 8.03. The molecule has 27 heavy (non-hydrogen) atoms. The van der Waals surface area contributed by atoms with E-state index >= 15 is 0 Å². The van der Waals surface area contributed by atoms with Gasteiger partial charge < -0.3 is 0 Å². The van der Waals surface area contributed by atoms with Gasteiger partial charge in [-0.15, -0.1) is 11.3 Å². The summed E-state index contributed by atoms with van der Waals surface area (Å²) in [5.74, 6) is 0. The third-order valence-corrected chi connectivity index (χ3v) is 6.06. The van der Waals surface area contributed by atoms with Crippen LogP contribution < -0.4 is 0 Å². The highest BCUT2D eigenvalue weighted by atomic mass is 32.1. The lowest BCUT2D eigenvalue weighted by atomic mass is 9.99. The van der Waals surface area contributed by atoms with Gasteiger partial charge in [0.1, 0.15) is 6.29 Å². The van der Waals surface area contributed by atoms with Gasteiger partial charge in [0, 0.05) is 10.4 Å². The standard InChI is InChI=1S/C25H28OS/c1-2-3-4-5-6-7-9-22-16-17-27-25(22)24-11-8-10-23(18-24)21-14-12-20(19-26)13-15-21/h8,10-19H,2-7,9H2,1H3. The largest absolute Gasteiger partial charge is 0.298 e. The van der Waals surface area contributed by atoms with Crippen molar-refractivity contribution < 1.29 is 4.79 Å². The van der Waals surface area contributed by atoms with E-state index in [1.807, 2.05) is 35.6 Å². The van der Waals surface area contributed by atoms with Gasteiger partial charge >= 0.3 is 0 Å². The highest BCUT2D eigenvalue weighted by molar-refractivity contribution is 7.13. The average molecular weight is 377 g/mol. The number of aldehydes is 1. The normalized spacial score (nSPS) is 10.9. The quantitative estimate of drug-likeness (QED) is 0.260. The second kappa shape index (κ2) is 10.2. The van der Waals surface area contributed by atoms with Gasteiger partial charge in [-0.3, -0.25) is 4.79 Å². The first-order valence-corrected chi connectivity index (χ1v) is 10.9. The Kier molecular flexibility index (Phi) is 7.41. The average Bonchev–Trinajstić information content (AvgIpc) is 3.19. The van der Waals surface area contributed by atoms with E-state index in [1.165, 1.54) is 66.5 Å². The molecule has 0 radical (unpaired) electrons. The SMILES string of the molecule is CCCCCCCCc1ccsc1-c1cccc(-c2ccc(C=O)cc2)c1. The highest BCUT2D eigenvalue weighted by Crippen LogP contribution is 2.33. The van der Waals surface area contributed by atoms with E-state index < -0.39 is 0 Å². The van der Waals surface area contributed by atoms with Crippen LogP contribution in [0.25, 0.3) is 21.6 Å². The summed E-state index contributed by atoms with van der Waals surface area (Å²) in [6, 6.07) is 18.8. The lowest BCUT2D eigenvalue weighted by molar-refractivity contribution is 0.112. The molecule has 0 N–H and O–H groups in total. The maximum Gasteiger partial charge on any atom is 0.150 e. The van der Waals surface area contributed by atoms with E-state index in [-0.39, 0.29) is 0 Å². The minimum Gasteiger partial charge on any atom is -0.298 e. The Morgan fingerprint density at radius 1 is 0.815 bits per heavy atom. The predicted octanol–water partition coefficient (Wildman–Crippen LogP) is 7.80. The fraction of sp³-hybridized carbons (Fsp3) is 0.320. The molecule has 0 aliphatic carbocycles. The lowest BCUT2D eigenvalue weighted by Gasteiger charge is -2.08. The number of hydrogen-bond acceptors (Lipinski definition) is 2. The van der Waals surface area contributed by atoms with Gasteiger partial charge in [0.05, 0.1) is 0 Å². The molecule has 0 saturated heterocycles. The number of rotatable bonds is 10. The molecular formula is C25H28OS. The molecule has 0 spiro atoms. The molecule has 2 heteroatoms. The molecule has 140 valence electrons. The third kappa shape index (κ3) is 5.40. The molecule has 0 saturated carbocycles. The molecule has 0 amide bonds. The first kappa shape index (κ1) is 19.6. The third-order valence-electron chi connectivity index (χ3n) is 5.05. The van der Waals surface area contributed by atoms with Crippen LogP contribution in [0.1, 0.15) is 61.4 Å². The molecule has 1 heterocycles. The maximum atomic E-state index is 10.9. The molecule has 3 aromatic rings. The Morgan fingerprint density at radius 3 is 2.33 bits per heavy atom. The van der Waals surface area contributed by atoms with E-state index in [2.05, 4.69) is 42.6 Å². The van der Waals surface area contributed by atoms with Crippen LogP contribution in [-0.2, 0) is 6.42 Å². The molecule has 1 aromatic heterocycles. The van der Waals surface area contributed by atoms with Crippen molar-refractivity contribution in [3.05, 3.63) is 71.1 Å². The van der Waals surface area contributed by atoms with Crippen molar-refractivity contribution in [2.45, 2.75) is 51.9 Å². The van der Waals surface area contributed by atoms with Crippen molar-refractivity contribution in [2.24, 2.45) is 0 Å². The molecule has 0 aliphatic rings. The summed E-state index contributed by atoms with van der Waals surface area (Å²) in [5.41, 5.74) is 5.83. The number of benzene rings is 2. The summed E-state index contributed by atoms with van der Waals surface area (Å²) in [6.07, 6.45) is 10.1. The number of carbonyl (C=O) groups is 1. The van der Waals surface area contributed by atoms with Crippen LogP contribution in [0.15, 0.2) is 60.0 Å². The molecular weight excluding hydrogens is 348 g/mol. The summed E-state index contributed by atoms with van der Waals surface area (Å²) in [4.78, 5) is 12.3. The summed E-state index contributed by atoms with van der Waals surface area (Å²) < 4.78 is 0. The Balaban J connectivity index is 1.70. The number of carbonyl (C=O) groups excluding carboxylic acids is 1. The van der Waals surface area contributed by atoms with E-state index in [1.54, 1.807) is 0 Å². The summed E-state index contributed by atoms with van der Waals surface area (Å²) in [7, 11) is 0. The minimum atomic E-state index is 0.717. The summed E-state index contributed by atoms with van der Waals surface area (Å²) in [6.45, 7) is 2.27. The van der Waals surface area contributed by atoms with Crippen LogP contribution in [0.2, 0.25) is 0 Å². The van der Waals surface area contributed by atoms with Crippen LogP contribution >= 0.6 is 11.3 Å². The highest BCUT2D eigenvalue weighted by Gasteiger charge is 2.08. The Morgan fingerprint density at radius 2 is 1.56 bits per heavy atom. The number of aryl methyl sites for hydroxylation is 1. The molecule has 0 bridgehead atoms. The van der Waals surface area contributed by atoms with E-state index in [0.717, 1.165) is 17.4 Å². The van der Waals surface area contributed by atoms with E-state index in [0.29, 0.717) is 0 Å². The van der Waals surface area contributed by atoms with Crippen molar-refractivity contribution in [3.63, 3.8) is 0 Å². The molecule has 1 nitrogen and oxygen atoms in total. The molecule has 0 aliphatic heterocycles. The number of hydrogen-bond donors (Lipinski definition) is 0. The first-order valence-electron chi connectivity index (χ1n) is 10.0. The zero-order chi connectivity index (χ0) is 18.9. The van der Waals surface area contributed by atoms with Gasteiger partial charge in [-0.1, -0.05) is 81.5 Å². The van der Waals surface area contributed by atoms with Gasteiger partial charge in [-0.2, -0.15) is 0 Å². The van der Waals surface area contributed by atoms with Gasteiger partial charge in [-0.25, -0.2) is 0 Å². The van der Waals surface area contributed by atoms with Gasteiger partial charge in [-0.05, 0) is 52.6 Å². The van der Waals surface area contributed by atoms with Gasteiger partial charge in [0.15, 0.2) is 0 Å². The monoisotopic (exact) mass is 376 g/mol. The number of thiophene rings is 1. The number of unbranched alkanes of at least 4 members (excludes halogenated alkanes) is 5. The molecule has 3 rings (SSSR count). The van der Waals surface area contributed by atoms with E-state index in [4.69, 9.17) is 0 Å². The minimum absolute atomic E-state index is 0.717. The Hall–Kier alpha value is -2.19. The fourth-order valence-corrected chi connectivity index (χ4v) is 4.43. The molecule has 0 unspecified atom stereocenters. The molecule has 0 atom stereocenters. The van der Waals surface area contributed by atoms with Crippen molar-refractivity contribution in [1.29, 1.82) is 0 Å². The van der Waals surface area contributed by atoms with Crippen molar-refractivity contribution in [1.82, 2.24) is 0 Å². The lowest BCUT2D eigenvalue weighted by Crippen LogP contribution is -1.88. The Bertz CT molecular complexity index is 845. The van der Waals surface area contributed by atoms with Gasteiger partial charge in [0.2, 0.25) is 0 Å². The fourth-order valence-electron chi connectivity index (χ4n) is 3.48. The summed E-state index contributed by atoms with van der Waals surface area (Å²) in [5, 5.41) is 2.22. The second-order valence-electron chi connectivity index (χ2n) is 7.11. The topological polar surface area (TPSA) is 17.1 Å². The van der Waals surface area contributed by atoms with Crippen LogP contribution in [0.5, 0.6) is 0 Å². The summed E-state index contributed by atoms with van der Waals surface area (Å²) >= 11 is 1.84. The first-order chi connectivity index (χ1) is 13.3. The molecule has 2 aromatic carbocycles. The van der Waals surface area contributed by atoms with Gasteiger partial charge in [0.25, 0.3) is 0 Å². The van der Waals surface area contributed by atoms with Crippen LogP contribution in [0.4, 0.5) is 0 Å². The zero-order valence-corrected chi connectivity index (χ0v) is 16.9.